The van der Waals surface area contributed by atoms with Gasteiger partial charge < -0.3 is 19.2 Å². The van der Waals surface area contributed by atoms with E-state index in [1.54, 1.807) is 0 Å². The fourth-order valence-corrected chi connectivity index (χ4v) is 2.28. The Morgan fingerprint density at radius 3 is 2.55 bits per heavy atom. The van der Waals surface area contributed by atoms with E-state index >= 15 is 0 Å². The molecule has 0 aliphatic heterocycles. The van der Waals surface area contributed by atoms with Crippen molar-refractivity contribution >= 4 is 28.3 Å². The molecule has 0 aliphatic carbocycles. The number of hydrogen-bond donors (Lipinski definition) is 1. The number of rotatable bonds is 7. The minimum absolute atomic E-state index is 0.610. The van der Waals surface area contributed by atoms with Crippen LogP contribution >= 0.6 is 22.6 Å². The van der Waals surface area contributed by atoms with Gasteiger partial charge in [0.25, 0.3) is 0 Å². The van der Waals surface area contributed by atoms with Gasteiger partial charge in [-0.1, -0.05) is 0 Å². The molecule has 0 aliphatic rings. The molecule has 5 heteroatoms. The Balaban J connectivity index is 2.11. The van der Waals surface area contributed by atoms with Crippen LogP contribution in [0.4, 0.5) is 5.69 Å². The minimum atomic E-state index is 0.610. The van der Waals surface area contributed by atoms with E-state index in [4.69, 9.17) is 13.9 Å². The van der Waals surface area contributed by atoms with Gasteiger partial charge in [0.1, 0.15) is 17.3 Å². The molecule has 0 amide bonds. The molecule has 1 aromatic carbocycles. The van der Waals surface area contributed by atoms with Crippen LogP contribution in [0.1, 0.15) is 19.6 Å². The van der Waals surface area contributed by atoms with Gasteiger partial charge in [0.2, 0.25) is 0 Å². The van der Waals surface area contributed by atoms with Crippen LogP contribution in [0, 0.1) is 3.77 Å². The number of furan rings is 1. The number of halogens is 1. The second-order valence-corrected chi connectivity index (χ2v) is 5.15. The van der Waals surface area contributed by atoms with Gasteiger partial charge in [-0.3, -0.25) is 0 Å². The first-order chi connectivity index (χ1) is 9.72. The van der Waals surface area contributed by atoms with Crippen LogP contribution in [0.3, 0.4) is 0 Å². The van der Waals surface area contributed by atoms with Gasteiger partial charge >= 0.3 is 0 Å². The van der Waals surface area contributed by atoms with Crippen molar-refractivity contribution < 1.29 is 13.9 Å². The Labute approximate surface area is 132 Å². The van der Waals surface area contributed by atoms with E-state index in [2.05, 4.69) is 27.9 Å². The second-order valence-electron chi connectivity index (χ2n) is 4.08. The van der Waals surface area contributed by atoms with E-state index in [-0.39, 0.29) is 0 Å². The van der Waals surface area contributed by atoms with Crippen LogP contribution in [-0.4, -0.2) is 13.2 Å². The molecule has 0 spiro atoms. The summed E-state index contributed by atoms with van der Waals surface area (Å²) in [5, 5.41) is 3.32. The molecule has 0 radical (unpaired) electrons. The average molecular weight is 387 g/mol. The van der Waals surface area contributed by atoms with Crippen LogP contribution in [0.5, 0.6) is 11.5 Å². The minimum Gasteiger partial charge on any atom is -0.494 e. The molecule has 2 rings (SSSR count). The molecular formula is C15H18INO3. The van der Waals surface area contributed by atoms with Gasteiger partial charge in [-0.2, -0.15) is 0 Å². The molecule has 1 aromatic heterocycles. The predicted molar refractivity (Wildman–Crippen MR) is 87.5 cm³/mol. The van der Waals surface area contributed by atoms with Crippen molar-refractivity contribution in [1.82, 2.24) is 0 Å². The maximum atomic E-state index is 5.61. The summed E-state index contributed by atoms with van der Waals surface area (Å²) in [4.78, 5) is 0. The first-order valence-electron chi connectivity index (χ1n) is 6.60. The molecule has 2 aromatic rings. The van der Waals surface area contributed by atoms with E-state index < -0.39 is 0 Å². The molecule has 0 unspecified atom stereocenters. The van der Waals surface area contributed by atoms with Crippen molar-refractivity contribution in [1.29, 1.82) is 0 Å². The van der Waals surface area contributed by atoms with Crippen molar-refractivity contribution in [3.63, 3.8) is 0 Å². The Kier molecular flexibility index (Phi) is 5.58. The number of ether oxygens (including phenoxy) is 2. The lowest BCUT2D eigenvalue weighted by molar-refractivity contribution is 0.331. The molecule has 4 nitrogen and oxygen atoms in total. The van der Waals surface area contributed by atoms with Crippen molar-refractivity contribution in [2.75, 3.05) is 18.5 Å². The number of nitrogens with one attached hydrogen (secondary N) is 1. The van der Waals surface area contributed by atoms with Gasteiger partial charge in [-0.05, 0) is 60.7 Å². The molecular weight excluding hydrogens is 369 g/mol. The highest BCUT2D eigenvalue weighted by Crippen LogP contribution is 2.30. The molecule has 1 heterocycles. The lowest BCUT2D eigenvalue weighted by Gasteiger charge is -2.13. The molecule has 1 N–H and O–H groups in total. The molecule has 108 valence electrons. The fourth-order valence-electron chi connectivity index (χ4n) is 1.81. The zero-order chi connectivity index (χ0) is 14.4. The van der Waals surface area contributed by atoms with Crippen LogP contribution in [0.15, 0.2) is 34.7 Å². The first-order valence-corrected chi connectivity index (χ1v) is 7.68. The monoisotopic (exact) mass is 387 g/mol. The van der Waals surface area contributed by atoms with Crippen molar-refractivity contribution in [2.45, 2.75) is 20.4 Å². The lowest BCUT2D eigenvalue weighted by atomic mass is 10.2. The molecule has 0 fully saturated rings. The number of benzene rings is 1. The summed E-state index contributed by atoms with van der Waals surface area (Å²) < 4.78 is 17.5. The van der Waals surface area contributed by atoms with Crippen LogP contribution in [-0.2, 0) is 6.54 Å². The number of hydrogen-bond acceptors (Lipinski definition) is 4. The molecule has 0 saturated carbocycles. The lowest BCUT2D eigenvalue weighted by Crippen LogP contribution is -2.03. The third kappa shape index (κ3) is 4.06. The normalized spacial score (nSPS) is 10.3. The predicted octanol–water partition coefficient (Wildman–Crippen LogP) is 4.29. The maximum Gasteiger partial charge on any atom is 0.164 e. The summed E-state index contributed by atoms with van der Waals surface area (Å²) in [5.41, 5.74) is 0.907. The maximum absolute atomic E-state index is 5.61. The van der Waals surface area contributed by atoms with Gasteiger partial charge in [0.05, 0.1) is 25.4 Å². The summed E-state index contributed by atoms with van der Waals surface area (Å²) >= 11 is 2.15. The van der Waals surface area contributed by atoms with E-state index in [9.17, 15) is 0 Å². The molecule has 20 heavy (non-hydrogen) atoms. The third-order valence-corrected chi connectivity index (χ3v) is 3.22. The Morgan fingerprint density at radius 2 is 1.90 bits per heavy atom. The Hall–Kier alpha value is -1.37. The first kappa shape index (κ1) is 15.0. The Morgan fingerprint density at radius 1 is 1.10 bits per heavy atom. The van der Waals surface area contributed by atoms with Crippen LogP contribution in [0.2, 0.25) is 0 Å². The van der Waals surface area contributed by atoms with Crippen LogP contribution < -0.4 is 14.8 Å². The van der Waals surface area contributed by atoms with E-state index in [1.165, 1.54) is 0 Å². The topological polar surface area (TPSA) is 43.6 Å². The smallest absolute Gasteiger partial charge is 0.164 e. The number of anilines is 1. The summed E-state index contributed by atoms with van der Waals surface area (Å²) in [5.74, 6) is 2.53. The molecule has 0 bridgehead atoms. The fraction of sp³-hybridized carbons (Fsp3) is 0.333. The van der Waals surface area contributed by atoms with Crippen molar-refractivity contribution in [3.05, 3.63) is 39.9 Å². The van der Waals surface area contributed by atoms with Crippen molar-refractivity contribution in [2.24, 2.45) is 0 Å². The summed E-state index contributed by atoms with van der Waals surface area (Å²) in [6, 6.07) is 9.68. The standard InChI is InChI=1S/C15H18INO3/c1-3-18-11-5-7-14(19-4-2)13(9-11)17-10-12-6-8-15(16)20-12/h5-9,17H,3-4,10H2,1-2H3. The zero-order valence-electron chi connectivity index (χ0n) is 11.6. The summed E-state index contributed by atoms with van der Waals surface area (Å²) in [7, 11) is 0. The second kappa shape index (κ2) is 7.42. The Bertz CT molecular complexity index is 554. The highest BCUT2D eigenvalue weighted by molar-refractivity contribution is 14.1. The van der Waals surface area contributed by atoms with E-state index in [1.807, 2.05) is 44.2 Å². The molecule has 0 saturated heterocycles. The molecule has 0 atom stereocenters. The third-order valence-electron chi connectivity index (χ3n) is 2.64. The quantitative estimate of drug-likeness (QED) is 0.720. The highest BCUT2D eigenvalue weighted by atomic mass is 127. The SMILES string of the molecule is CCOc1ccc(OCC)c(NCc2ccc(I)o2)c1. The average Bonchev–Trinajstić information content (AvgIpc) is 2.85. The largest absolute Gasteiger partial charge is 0.494 e. The summed E-state index contributed by atoms with van der Waals surface area (Å²) in [6.07, 6.45) is 0. The summed E-state index contributed by atoms with van der Waals surface area (Å²) in [6.45, 7) is 5.81. The van der Waals surface area contributed by atoms with Crippen molar-refractivity contribution in [3.8, 4) is 11.5 Å². The highest BCUT2D eigenvalue weighted by Gasteiger charge is 2.07. The van der Waals surface area contributed by atoms with E-state index in [0.29, 0.717) is 19.8 Å². The van der Waals surface area contributed by atoms with Gasteiger partial charge in [-0.15, -0.1) is 0 Å². The van der Waals surface area contributed by atoms with E-state index in [0.717, 1.165) is 26.7 Å². The van der Waals surface area contributed by atoms with Gasteiger partial charge in [0.15, 0.2) is 3.77 Å². The van der Waals surface area contributed by atoms with Gasteiger partial charge in [-0.25, -0.2) is 0 Å². The zero-order valence-corrected chi connectivity index (χ0v) is 13.8. The van der Waals surface area contributed by atoms with Gasteiger partial charge in [0, 0.05) is 6.07 Å². The van der Waals surface area contributed by atoms with Crippen LogP contribution in [0.25, 0.3) is 0 Å².